The normalized spacial score (nSPS) is 18.4. The van der Waals surface area contributed by atoms with E-state index < -0.39 is 33.3 Å². The highest BCUT2D eigenvalue weighted by Gasteiger charge is 2.31. The van der Waals surface area contributed by atoms with E-state index in [2.05, 4.69) is 0 Å². The van der Waals surface area contributed by atoms with Crippen molar-refractivity contribution in [3.63, 3.8) is 0 Å². The zero-order valence-corrected chi connectivity index (χ0v) is 17.0. The Morgan fingerprint density at radius 2 is 1.53 bits per heavy atom. The average molecular weight is 432 g/mol. The number of ether oxygens (including phenoxy) is 2. The number of esters is 1. The maximum atomic E-state index is 12.6. The number of non-ortho nitro benzene ring substituents is 2. The number of benzene rings is 2. The van der Waals surface area contributed by atoms with Gasteiger partial charge in [0.15, 0.2) is 0 Å². The van der Waals surface area contributed by atoms with Crippen LogP contribution in [0.25, 0.3) is 0 Å². The Bertz CT molecular complexity index is 916. The number of hydrogen-bond donors (Lipinski definition) is 0. The Balaban J connectivity index is 1.76. The number of carbonyl (C=O) groups is 1. The molecule has 2 aromatic carbocycles. The number of nitrogens with zero attached hydrogens (tertiary/aromatic N) is 2. The summed E-state index contributed by atoms with van der Waals surface area (Å²) in [5.74, 6) is -0.188. The fourth-order valence-electron chi connectivity index (χ4n) is 3.29. The summed E-state index contributed by atoms with van der Waals surface area (Å²) in [6.45, 7) is 0. The largest absolute Gasteiger partial charge is 0.487 e. The summed E-state index contributed by atoms with van der Waals surface area (Å²) >= 11 is 1.62. The van der Waals surface area contributed by atoms with Gasteiger partial charge in [0, 0.05) is 17.0 Å². The zero-order chi connectivity index (χ0) is 21.7. The van der Waals surface area contributed by atoms with Gasteiger partial charge in [-0.1, -0.05) is 0 Å². The molecule has 9 nitrogen and oxygen atoms in total. The molecule has 0 amide bonds. The van der Waals surface area contributed by atoms with Gasteiger partial charge in [-0.2, -0.15) is 0 Å². The van der Waals surface area contributed by atoms with Crippen molar-refractivity contribution in [2.45, 2.75) is 42.8 Å². The van der Waals surface area contributed by atoms with Gasteiger partial charge < -0.3 is 9.47 Å². The number of rotatable bonds is 7. The molecule has 1 aliphatic carbocycles. The van der Waals surface area contributed by atoms with E-state index in [-0.39, 0.29) is 11.7 Å². The van der Waals surface area contributed by atoms with Crippen molar-refractivity contribution in [1.82, 2.24) is 0 Å². The Morgan fingerprint density at radius 1 is 0.967 bits per heavy atom. The zero-order valence-electron chi connectivity index (χ0n) is 16.2. The molecule has 0 spiro atoms. The first kappa shape index (κ1) is 21.6. The minimum absolute atomic E-state index is 0.232. The number of thioether (sulfide) groups is 1. The Labute approximate surface area is 176 Å². The van der Waals surface area contributed by atoms with Crippen LogP contribution in [0.3, 0.4) is 0 Å². The van der Waals surface area contributed by atoms with Crippen LogP contribution >= 0.6 is 11.8 Å². The number of nitro benzene ring substituents is 2. The maximum absolute atomic E-state index is 12.6. The van der Waals surface area contributed by atoms with Crippen LogP contribution in [0, 0.1) is 20.2 Å². The molecule has 0 unspecified atom stereocenters. The smallest absolute Gasteiger partial charge is 0.339 e. The van der Waals surface area contributed by atoms with E-state index in [0.717, 1.165) is 35.9 Å². The molecule has 0 radical (unpaired) electrons. The molecule has 0 bridgehead atoms. The van der Waals surface area contributed by atoms with Crippen molar-refractivity contribution in [3.05, 3.63) is 68.3 Å². The standard InChI is InChI=1S/C20H20N2O7S/c1-30-17-8-6-16(7-9-17)28-18-4-2-3-5-19(18)29-20(23)13-10-14(21(24)25)12-15(11-13)22(26)27/h6-12,18-19H,2-5H2,1H3/t18-,19-/m0/s1. The van der Waals surface area contributed by atoms with Gasteiger partial charge >= 0.3 is 5.97 Å². The third-order valence-electron chi connectivity index (χ3n) is 4.81. The fourth-order valence-corrected chi connectivity index (χ4v) is 3.70. The second-order valence-corrected chi connectivity index (χ2v) is 7.69. The van der Waals surface area contributed by atoms with Crippen LogP contribution in [0.2, 0.25) is 0 Å². The van der Waals surface area contributed by atoms with Crippen LogP contribution < -0.4 is 4.74 Å². The van der Waals surface area contributed by atoms with Crippen molar-refractivity contribution in [2.75, 3.05) is 6.26 Å². The molecule has 1 saturated carbocycles. The summed E-state index contributed by atoms with van der Waals surface area (Å²) in [4.78, 5) is 34.3. The van der Waals surface area contributed by atoms with E-state index in [4.69, 9.17) is 9.47 Å². The average Bonchev–Trinajstić information content (AvgIpc) is 2.75. The molecule has 158 valence electrons. The van der Waals surface area contributed by atoms with Gasteiger partial charge in [-0.3, -0.25) is 20.2 Å². The second-order valence-electron chi connectivity index (χ2n) is 6.81. The van der Waals surface area contributed by atoms with Crippen molar-refractivity contribution in [1.29, 1.82) is 0 Å². The highest BCUT2D eigenvalue weighted by molar-refractivity contribution is 7.98. The molecule has 1 aliphatic rings. The predicted molar refractivity (Wildman–Crippen MR) is 110 cm³/mol. The van der Waals surface area contributed by atoms with E-state index in [1.165, 1.54) is 0 Å². The van der Waals surface area contributed by atoms with E-state index in [1.807, 2.05) is 30.5 Å². The van der Waals surface area contributed by atoms with E-state index in [1.54, 1.807) is 11.8 Å². The minimum Gasteiger partial charge on any atom is -0.487 e. The summed E-state index contributed by atoms with van der Waals surface area (Å²) in [6, 6.07) is 10.3. The summed E-state index contributed by atoms with van der Waals surface area (Å²) in [5.41, 5.74) is -1.31. The van der Waals surface area contributed by atoms with Crippen molar-refractivity contribution in [3.8, 4) is 5.75 Å². The predicted octanol–water partition coefficient (Wildman–Crippen LogP) is 4.77. The molecule has 10 heteroatoms. The molecular formula is C20H20N2O7S. The van der Waals surface area contributed by atoms with Crippen LogP contribution in [0.15, 0.2) is 47.4 Å². The molecule has 0 N–H and O–H groups in total. The number of carbonyl (C=O) groups excluding carboxylic acids is 1. The molecule has 0 saturated heterocycles. The molecule has 2 atom stereocenters. The van der Waals surface area contributed by atoms with Gasteiger partial charge in [0.2, 0.25) is 0 Å². The van der Waals surface area contributed by atoms with Crippen LogP contribution in [0.5, 0.6) is 5.75 Å². The number of hydrogen-bond acceptors (Lipinski definition) is 8. The van der Waals surface area contributed by atoms with E-state index in [0.29, 0.717) is 18.6 Å². The Kier molecular flexibility index (Phi) is 6.88. The molecular weight excluding hydrogens is 412 g/mol. The summed E-state index contributed by atoms with van der Waals surface area (Å²) in [7, 11) is 0. The van der Waals surface area contributed by atoms with E-state index in [9.17, 15) is 25.0 Å². The van der Waals surface area contributed by atoms with Crippen LogP contribution in [-0.2, 0) is 4.74 Å². The van der Waals surface area contributed by atoms with Crippen LogP contribution in [0.1, 0.15) is 36.0 Å². The summed E-state index contributed by atoms with van der Waals surface area (Å²) < 4.78 is 11.6. The first-order chi connectivity index (χ1) is 14.4. The maximum Gasteiger partial charge on any atom is 0.339 e. The lowest BCUT2D eigenvalue weighted by atomic mass is 9.94. The van der Waals surface area contributed by atoms with Crippen molar-refractivity contribution >= 4 is 29.1 Å². The van der Waals surface area contributed by atoms with Gasteiger partial charge in [0.05, 0.1) is 21.5 Å². The molecule has 0 aromatic heterocycles. The second kappa shape index (κ2) is 9.57. The molecule has 0 heterocycles. The number of nitro groups is 2. The lowest BCUT2D eigenvalue weighted by molar-refractivity contribution is -0.394. The third kappa shape index (κ3) is 5.26. The molecule has 3 rings (SSSR count). The minimum atomic E-state index is -0.847. The topological polar surface area (TPSA) is 122 Å². The highest BCUT2D eigenvalue weighted by Crippen LogP contribution is 2.29. The fraction of sp³-hybridized carbons (Fsp3) is 0.350. The lowest BCUT2D eigenvalue weighted by Gasteiger charge is -2.31. The molecule has 0 aliphatic heterocycles. The van der Waals surface area contributed by atoms with E-state index >= 15 is 0 Å². The van der Waals surface area contributed by atoms with Crippen LogP contribution in [0.4, 0.5) is 11.4 Å². The molecule has 1 fully saturated rings. The highest BCUT2D eigenvalue weighted by atomic mass is 32.2. The van der Waals surface area contributed by atoms with Gasteiger partial charge in [-0.25, -0.2) is 4.79 Å². The van der Waals surface area contributed by atoms with Gasteiger partial charge in [0.25, 0.3) is 11.4 Å². The summed E-state index contributed by atoms with van der Waals surface area (Å²) in [5, 5.41) is 22.1. The van der Waals surface area contributed by atoms with Gasteiger partial charge in [-0.05, 0) is 56.2 Å². The van der Waals surface area contributed by atoms with Gasteiger partial charge in [0.1, 0.15) is 18.0 Å². The van der Waals surface area contributed by atoms with Crippen molar-refractivity contribution in [2.24, 2.45) is 0 Å². The first-order valence-electron chi connectivity index (χ1n) is 9.33. The SMILES string of the molecule is CSc1ccc(O[C@H]2CCCC[C@@H]2OC(=O)c2cc([N+](=O)[O-])cc([N+](=O)[O-])c2)cc1. The summed E-state index contributed by atoms with van der Waals surface area (Å²) in [6.07, 6.45) is 4.10. The third-order valence-corrected chi connectivity index (χ3v) is 5.55. The van der Waals surface area contributed by atoms with Gasteiger partial charge in [-0.15, -0.1) is 11.8 Å². The lowest BCUT2D eigenvalue weighted by Crippen LogP contribution is -2.38. The van der Waals surface area contributed by atoms with Crippen molar-refractivity contribution < 1.29 is 24.1 Å². The van der Waals surface area contributed by atoms with Crippen LogP contribution in [-0.4, -0.2) is 34.3 Å². The monoisotopic (exact) mass is 432 g/mol. The Morgan fingerprint density at radius 3 is 2.07 bits per heavy atom. The quantitative estimate of drug-likeness (QED) is 0.265. The Hall–Kier alpha value is -3.14. The molecule has 30 heavy (non-hydrogen) atoms. The molecule has 2 aromatic rings. The first-order valence-corrected chi connectivity index (χ1v) is 10.6.